The zero-order chi connectivity index (χ0) is 20.2. The van der Waals surface area contributed by atoms with Crippen LogP contribution in [0.3, 0.4) is 0 Å². The summed E-state index contributed by atoms with van der Waals surface area (Å²) in [6.45, 7) is 6.91. The Morgan fingerprint density at radius 2 is 1.85 bits per heavy atom. The molecular weight excluding hydrogens is 370 g/mol. The van der Waals surface area contributed by atoms with Gasteiger partial charge >= 0.3 is 0 Å². The summed E-state index contributed by atoms with van der Waals surface area (Å²) in [4.78, 5) is 23.9. The van der Waals surface area contributed by atoms with Gasteiger partial charge in [0.2, 0.25) is 10.0 Å². The van der Waals surface area contributed by atoms with Crippen LogP contribution in [0.4, 0.5) is 0 Å². The molecule has 2 amide bonds. The van der Waals surface area contributed by atoms with Gasteiger partial charge in [0.05, 0.1) is 10.5 Å². The van der Waals surface area contributed by atoms with Crippen molar-refractivity contribution in [1.29, 1.82) is 0 Å². The number of carbonyl (C=O) groups excluding carboxylic acids is 2. The van der Waals surface area contributed by atoms with Crippen LogP contribution in [0.25, 0.3) is 0 Å². The number of rotatable bonds is 8. The van der Waals surface area contributed by atoms with Crippen molar-refractivity contribution in [2.75, 3.05) is 19.6 Å². The number of benzene rings is 1. The topological polar surface area (TPSA) is 119 Å². The van der Waals surface area contributed by atoms with Crippen molar-refractivity contribution in [3.05, 3.63) is 23.8 Å². The first kappa shape index (κ1) is 21.2. The van der Waals surface area contributed by atoms with Gasteiger partial charge in [-0.05, 0) is 43.9 Å². The summed E-state index contributed by atoms with van der Waals surface area (Å²) in [5.74, 6) is -0.779. The highest BCUT2D eigenvalue weighted by molar-refractivity contribution is 7.89. The number of hydrogen-bond acceptors (Lipinski definition) is 5. The molecule has 8 nitrogen and oxygen atoms in total. The van der Waals surface area contributed by atoms with Crippen LogP contribution in [0.1, 0.15) is 44.0 Å². The summed E-state index contributed by atoms with van der Waals surface area (Å²) in [5.41, 5.74) is 5.33. The molecule has 1 saturated heterocycles. The summed E-state index contributed by atoms with van der Waals surface area (Å²) < 4.78 is 32.3. The van der Waals surface area contributed by atoms with Crippen LogP contribution < -0.4 is 15.8 Å². The number of nitrogens with zero attached hydrogens (tertiary/aromatic N) is 1. The van der Waals surface area contributed by atoms with Gasteiger partial charge in [-0.2, -0.15) is 4.31 Å². The molecule has 0 aromatic heterocycles. The second-order valence-electron chi connectivity index (χ2n) is 7.03. The van der Waals surface area contributed by atoms with Crippen LogP contribution in [0, 0.1) is 5.92 Å². The first-order valence-electron chi connectivity index (χ1n) is 9.01. The molecule has 0 aliphatic carbocycles. The summed E-state index contributed by atoms with van der Waals surface area (Å²) >= 11 is 0. The molecule has 9 heteroatoms. The van der Waals surface area contributed by atoms with E-state index < -0.39 is 22.0 Å². The van der Waals surface area contributed by atoms with E-state index in [0.29, 0.717) is 19.6 Å². The highest BCUT2D eigenvalue weighted by Gasteiger charge is 2.29. The number of nitrogens with one attached hydrogen (secondary N) is 1. The molecule has 0 radical (unpaired) electrons. The minimum absolute atomic E-state index is 0.0116. The lowest BCUT2D eigenvalue weighted by Crippen LogP contribution is -2.38. The van der Waals surface area contributed by atoms with Crippen molar-refractivity contribution in [3.63, 3.8) is 0 Å². The van der Waals surface area contributed by atoms with Gasteiger partial charge in [0.15, 0.2) is 6.10 Å². The van der Waals surface area contributed by atoms with E-state index in [1.807, 2.05) is 13.8 Å². The van der Waals surface area contributed by atoms with Gasteiger partial charge in [0.25, 0.3) is 11.8 Å². The van der Waals surface area contributed by atoms with Crippen molar-refractivity contribution < 1.29 is 22.7 Å². The predicted octanol–water partition coefficient (Wildman–Crippen LogP) is 1.11. The maximum absolute atomic E-state index is 12.7. The van der Waals surface area contributed by atoms with Crippen LogP contribution in [-0.2, 0) is 14.8 Å². The number of sulfonamides is 1. The van der Waals surface area contributed by atoms with Gasteiger partial charge in [-0.1, -0.05) is 13.8 Å². The second kappa shape index (κ2) is 8.71. The molecule has 0 spiro atoms. The lowest BCUT2D eigenvalue weighted by Gasteiger charge is -2.19. The highest BCUT2D eigenvalue weighted by atomic mass is 32.2. The van der Waals surface area contributed by atoms with Crippen LogP contribution >= 0.6 is 0 Å². The Morgan fingerprint density at radius 1 is 1.22 bits per heavy atom. The molecule has 1 fully saturated rings. The van der Waals surface area contributed by atoms with Gasteiger partial charge in [0, 0.05) is 19.6 Å². The average Bonchev–Trinajstić information content (AvgIpc) is 3.14. The van der Waals surface area contributed by atoms with Gasteiger partial charge in [-0.25, -0.2) is 8.42 Å². The van der Waals surface area contributed by atoms with E-state index in [1.165, 1.54) is 22.5 Å². The third kappa shape index (κ3) is 5.20. The van der Waals surface area contributed by atoms with E-state index in [4.69, 9.17) is 10.5 Å². The molecule has 2 rings (SSSR count). The van der Waals surface area contributed by atoms with Gasteiger partial charge < -0.3 is 15.8 Å². The number of carbonyl (C=O) groups is 2. The molecule has 0 unspecified atom stereocenters. The lowest BCUT2D eigenvalue weighted by atomic mass is 10.2. The summed E-state index contributed by atoms with van der Waals surface area (Å²) in [7, 11) is -3.68. The fourth-order valence-electron chi connectivity index (χ4n) is 2.73. The van der Waals surface area contributed by atoms with Crippen molar-refractivity contribution in [3.8, 4) is 5.75 Å². The Labute approximate surface area is 160 Å². The van der Waals surface area contributed by atoms with Crippen molar-refractivity contribution in [1.82, 2.24) is 9.62 Å². The summed E-state index contributed by atoms with van der Waals surface area (Å²) in [6, 6.07) is 3.95. The number of primary amides is 1. The van der Waals surface area contributed by atoms with Crippen molar-refractivity contribution in [2.24, 2.45) is 11.7 Å². The molecule has 0 bridgehead atoms. The van der Waals surface area contributed by atoms with E-state index in [9.17, 15) is 18.0 Å². The normalized spacial score (nSPS) is 16.3. The number of nitrogens with two attached hydrogens (primary N) is 1. The summed E-state index contributed by atoms with van der Waals surface area (Å²) in [5, 5.41) is 2.74. The molecule has 27 heavy (non-hydrogen) atoms. The molecule has 3 N–H and O–H groups in total. The standard InChI is InChI=1S/C18H27N3O5S/c1-12(2)11-20-18(23)13(3)26-16-7-6-14(10-15(16)17(19)22)27(24,25)21-8-4-5-9-21/h6-7,10,12-13H,4-5,8-9,11H2,1-3H3,(H2,19,22)(H,20,23)/t13-/m0/s1. The fraction of sp³-hybridized carbons (Fsp3) is 0.556. The quantitative estimate of drug-likeness (QED) is 0.681. The van der Waals surface area contributed by atoms with Crippen molar-refractivity contribution >= 4 is 21.8 Å². The predicted molar refractivity (Wildman–Crippen MR) is 101 cm³/mol. The first-order chi connectivity index (χ1) is 12.6. The average molecular weight is 397 g/mol. The van der Waals surface area contributed by atoms with Crippen LogP contribution in [0.2, 0.25) is 0 Å². The molecule has 1 aromatic carbocycles. The monoisotopic (exact) mass is 397 g/mol. The molecule has 0 saturated carbocycles. The van der Waals surface area contributed by atoms with E-state index in [2.05, 4.69) is 5.32 Å². The molecule has 150 valence electrons. The Morgan fingerprint density at radius 3 is 2.41 bits per heavy atom. The molecule has 1 aliphatic heterocycles. The second-order valence-corrected chi connectivity index (χ2v) is 8.97. The van der Waals surface area contributed by atoms with E-state index in [1.54, 1.807) is 6.92 Å². The Balaban J connectivity index is 2.23. The Hall–Kier alpha value is -2.13. The van der Waals surface area contributed by atoms with Crippen molar-refractivity contribution in [2.45, 2.75) is 44.6 Å². The van der Waals surface area contributed by atoms with E-state index in [0.717, 1.165) is 12.8 Å². The zero-order valence-electron chi connectivity index (χ0n) is 15.9. The fourth-order valence-corrected chi connectivity index (χ4v) is 4.28. The zero-order valence-corrected chi connectivity index (χ0v) is 16.7. The third-order valence-corrected chi connectivity index (χ3v) is 6.17. The maximum Gasteiger partial charge on any atom is 0.260 e. The highest BCUT2D eigenvalue weighted by Crippen LogP contribution is 2.27. The smallest absolute Gasteiger partial charge is 0.260 e. The first-order valence-corrected chi connectivity index (χ1v) is 10.4. The van der Waals surface area contributed by atoms with E-state index in [-0.39, 0.29) is 28.0 Å². The van der Waals surface area contributed by atoms with Crippen LogP contribution in [0.15, 0.2) is 23.1 Å². The number of hydrogen-bond donors (Lipinski definition) is 2. The van der Waals surface area contributed by atoms with Gasteiger partial charge in [0.1, 0.15) is 5.75 Å². The molecule has 1 aromatic rings. The largest absolute Gasteiger partial charge is 0.480 e. The van der Waals surface area contributed by atoms with E-state index >= 15 is 0 Å². The van der Waals surface area contributed by atoms with Gasteiger partial charge in [-0.15, -0.1) is 0 Å². The minimum atomic E-state index is -3.68. The molecular formula is C18H27N3O5S. The number of ether oxygens (including phenoxy) is 1. The SMILES string of the molecule is CC(C)CNC(=O)[C@H](C)Oc1ccc(S(=O)(=O)N2CCCC2)cc1C(N)=O. The maximum atomic E-state index is 12.7. The van der Waals surface area contributed by atoms with Crippen LogP contribution in [0.5, 0.6) is 5.75 Å². The third-order valence-electron chi connectivity index (χ3n) is 4.28. The summed E-state index contributed by atoms with van der Waals surface area (Å²) in [6.07, 6.45) is 0.765. The Bertz CT molecular complexity index is 801. The van der Waals surface area contributed by atoms with Crippen LogP contribution in [-0.4, -0.2) is 50.3 Å². The molecule has 1 heterocycles. The Kier molecular flexibility index (Phi) is 6.83. The minimum Gasteiger partial charge on any atom is -0.480 e. The number of amides is 2. The molecule has 1 atom stereocenters. The molecule has 1 aliphatic rings. The van der Waals surface area contributed by atoms with Gasteiger partial charge in [-0.3, -0.25) is 9.59 Å². The lowest BCUT2D eigenvalue weighted by molar-refractivity contribution is -0.127.